The molecule has 4 heteroatoms. The summed E-state index contributed by atoms with van der Waals surface area (Å²) in [7, 11) is 3.26. The van der Waals surface area contributed by atoms with E-state index < -0.39 is 5.60 Å². The Morgan fingerprint density at radius 2 is 1.75 bits per heavy atom. The second-order valence-corrected chi connectivity index (χ2v) is 5.15. The van der Waals surface area contributed by atoms with Crippen LogP contribution in [0.4, 0.5) is 0 Å². The number of methoxy groups -OCH3 is 2. The second kappa shape index (κ2) is 7.50. The van der Waals surface area contributed by atoms with Crippen molar-refractivity contribution < 1.29 is 14.6 Å². The smallest absolute Gasteiger partial charge is 0.161 e. The Bertz CT molecular complexity index is 416. The molecule has 1 unspecified atom stereocenters. The molecule has 0 spiro atoms. The van der Waals surface area contributed by atoms with Crippen molar-refractivity contribution >= 4 is 0 Å². The van der Waals surface area contributed by atoms with E-state index in [0.29, 0.717) is 6.54 Å². The minimum atomic E-state index is -0.634. The summed E-state index contributed by atoms with van der Waals surface area (Å²) in [5, 5.41) is 13.7. The fraction of sp³-hybridized carbons (Fsp3) is 0.625. The molecule has 0 radical (unpaired) electrons. The molecule has 4 nitrogen and oxygen atoms in total. The van der Waals surface area contributed by atoms with Crippen LogP contribution in [-0.2, 0) is 0 Å². The summed E-state index contributed by atoms with van der Waals surface area (Å²) in [5.41, 5.74) is 0.474. The fourth-order valence-electron chi connectivity index (χ4n) is 2.08. The Kier molecular flexibility index (Phi) is 6.30. The topological polar surface area (TPSA) is 50.7 Å². The van der Waals surface area contributed by atoms with Gasteiger partial charge in [0.25, 0.3) is 0 Å². The van der Waals surface area contributed by atoms with Gasteiger partial charge < -0.3 is 19.9 Å². The number of aliphatic hydroxyl groups is 1. The average Bonchev–Trinajstić information content (AvgIpc) is 2.51. The maximum Gasteiger partial charge on any atom is 0.161 e. The summed E-state index contributed by atoms with van der Waals surface area (Å²) in [6, 6.07) is 6.01. The number of ether oxygens (including phenoxy) is 2. The summed E-state index contributed by atoms with van der Waals surface area (Å²) in [6.07, 6.45) is 1.49. The van der Waals surface area contributed by atoms with Gasteiger partial charge in [-0.15, -0.1) is 0 Å². The van der Waals surface area contributed by atoms with Gasteiger partial charge in [0.1, 0.15) is 0 Å². The second-order valence-electron chi connectivity index (χ2n) is 5.15. The molecule has 1 aromatic carbocycles. The summed E-state index contributed by atoms with van der Waals surface area (Å²) in [5.74, 6) is 1.45. The monoisotopic (exact) mass is 281 g/mol. The van der Waals surface area contributed by atoms with E-state index in [1.807, 2.05) is 32.0 Å². The highest BCUT2D eigenvalue weighted by molar-refractivity contribution is 5.43. The number of benzene rings is 1. The van der Waals surface area contributed by atoms with E-state index in [1.54, 1.807) is 14.2 Å². The van der Waals surface area contributed by atoms with Crippen molar-refractivity contribution in [2.24, 2.45) is 0 Å². The van der Waals surface area contributed by atoms with Gasteiger partial charge in [0, 0.05) is 12.6 Å². The third-order valence-electron chi connectivity index (χ3n) is 3.96. The Morgan fingerprint density at radius 3 is 2.25 bits per heavy atom. The molecule has 20 heavy (non-hydrogen) atoms. The molecule has 0 saturated carbocycles. The molecule has 0 saturated heterocycles. The third kappa shape index (κ3) is 4.12. The van der Waals surface area contributed by atoms with Gasteiger partial charge in [0.05, 0.1) is 19.8 Å². The van der Waals surface area contributed by atoms with E-state index in [9.17, 15) is 5.11 Å². The lowest BCUT2D eigenvalue weighted by molar-refractivity contribution is 0.0303. The number of hydrogen-bond acceptors (Lipinski definition) is 4. The lowest BCUT2D eigenvalue weighted by atomic mass is 9.96. The van der Waals surface area contributed by atoms with Gasteiger partial charge in [0.15, 0.2) is 11.5 Å². The van der Waals surface area contributed by atoms with Crippen LogP contribution in [-0.4, -0.2) is 31.5 Å². The largest absolute Gasteiger partial charge is 0.493 e. The van der Waals surface area contributed by atoms with Crippen LogP contribution in [0.5, 0.6) is 11.5 Å². The Morgan fingerprint density at radius 1 is 1.15 bits per heavy atom. The maximum absolute atomic E-state index is 10.3. The zero-order valence-corrected chi connectivity index (χ0v) is 13.2. The van der Waals surface area contributed by atoms with E-state index in [-0.39, 0.29) is 6.04 Å². The summed E-state index contributed by atoms with van der Waals surface area (Å²) in [6.45, 7) is 6.67. The van der Waals surface area contributed by atoms with Crippen molar-refractivity contribution in [3.8, 4) is 11.5 Å². The van der Waals surface area contributed by atoms with E-state index in [2.05, 4.69) is 12.2 Å². The average molecular weight is 281 g/mol. The number of nitrogens with one attached hydrogen (secondary N) is 1. The van der Waals surface area contributed by atoms with Crippen LogP contribution in [0.25, 0.3) is 0 Å². The van der Waals surface area contributed by atoms with E-state index in [0.717, 1.165) is 29.9 Å². The summed E-state index contributed by atoms with van der Waals surface area (Å²) >= 11 is 0. The Hall–Kier alpha value is -1.26. The standard InChI is InChI=1S/C16H27NO3/c1-6-16(18,7-2)11-17-12(3)13-8-9-14(19-4)15(10-13)20-5/h8-10,12,17-18H,6-7,11H2,1-5H3. The molecule has 0 aliphatic heterocycles. The SMILES string of the molecule is CCC(O)(CC)CNC(C)c1ccc(OC)c(OC)c1. The zero-order chi connectivity index (χ0) is 15.2. The number of hydrogen-bond donors (Lipinski definition) is 2. The Balaban J connectivity index is 2.75. The van der Waals surface area contributed by atoms with Crippen LogP contribution >= 0.6 is 0 Å². The highest BCUT2D eigenvalue weighted by Gasteiger charge is 2.22. The molecule has 1 rings (SSSR count). The lowest BCUT2D eigenvalue weighted by Crippen LogP contribution is -2.40. The van der Waals surface area contributed by atoms with Gasteiger partial charge in [-0.25, -0.2) is 0 Å². The quantitative estimate of drug-likeness (QED) is 0.769. The zero-order valence-electron chi connectivity index (χ0n) is 13.2. The first-order chi connectivity index (χ1) is 9.49. The van der Waals surface area contributed by atoms with Crippen molar-refractivity contribution in [3.63, 3.8) is 0 Å². The van der Waals surface area contributed by atoms with Crippen molar-refractivity contribution in [1.82, 2.24) is 5.32 Å². The van der Waals surface area contributed by atoms with Crippen LogP contribution in [0.15, 0.2) is 18.2 Å². The minimum Gasteiger partial charge on any atom is -0.493 e. The molecule has 0 aliphatic rings. The molecule has 1 aromatic rings. The van der Waals surface area contributed by atoms with Crippen molar-refractivity contribution in [1.29, 1.82) is 0 Å². The van der Waals surface area contributed by atoms with Gasteiger partial charge >= 0.3 is 0 Å². The van der Waals surface area contributed by atoms with Crippen LogP contribution in [0.1, 0.15) is 45.2 Å². The van der Waals surface area contributed by atoms with Crippen molar-refractivity contribution in [3.05, 3.63) is 23.8 Å². The lowest BCUT2D eigenvalue weighted by Gasteiger charge is -2.28. The van der Waals surface area contributed by atoms with E-state index in [1.165, 1.54) is 0 Å². The first-order valence-electron chi connectivity index (χ1n) is 7.17. The van der Waals surface area contributed by atoms with E-state index >= 15 is 0 Å². The van der Waals surface area contributed by atoms with Crippen LogP contribution in [0.3, 0.4) is 0 Å². The molecule has 1 atom stereocenters. The van der Waals surface area contributed by atoms with Gasteiger partial charge in [0.2, 0.25) is 0 Å². The molecule has 0 aliphatic carbocycles. The molecule has 114 valence electrons. The molecule has 2 N–H and O–H groups in total. The molecular weight excluding hydrogens is 254 g/mol. The summed E-state index contributed by atoms with van der Waals surface area (Å²) in [4.78, 5) is 0. The summed E-state index contributed by atoms with van der Waals surface area (Å²) < 4.78 is 10.5. The van der Waals surface area contributed by atoms with Gasteiger partial charge in [-0.05, 0) is 37.5 Å². The minimum absolute atomic E-state index is 0.138. The third-order valence-corrected chi connectivity index (χ3v) is 3.96. The molecule has 0 bridgehead atoms. The van der Waals surface area contributed by atoms with Crippen LogP contribution < -0.4 is 14.8 Å². The van der Waals surface area contributed by atoms with E-state index in [4.69, 9.17) is 9.47 Å². The predicted octanol–water partition coefficient (Wildman–Crippen LogP) is 2.91. The van der Waals surface area contributed by atoms with Crippen LogP contribution in [0.2, 0.25) is 0 Å². The first kappa shape index (κ1) is 16.8. The normalized spacial score (nSPS) is 13.1. The van der Waals surface area contributed by atoms with Crippen LogP contribution in [0, 0.1) is 0 Å². The van der Waals surface area contributed by atoms with Gasteiger partial charge in [-0.2, -0.15) is 0 Å². The molecule has 0 fully saturated rings. The molecule has 0 aromatic heterocycles. The predicted molar refractivity (Wildman–Crippen MR) is 81.5 cm³/mol. The van der Waals surface area contributed by atoms with Gasteiger partial charge in [-0.1, -0.05) is 19.9 Å². The van der Waals surface area contributed by atoms with Crippen molar-refractivity contribution in [2.45, 2.75) is 45.3 Å². The maximum atomic E-state index is 10.3. The highest BCUT2D eigenvalue weighted by atomic mass is 16.5. The molecule has 0 amide bonds. The van der Waals surface area contributed by atoms with Crippen molar-refractivity contribution in [2.75, 3.05) is 20.8 Å². The molecular formula is C16H27NO3. The fourth-order valence-corrected chi connectivity index (χ4v) is 2.08. The Labute approximate surface area is 122 Å². The highest BCUT2D eigenvalue weighted by Crippen LogP contribution is 2.30. The van der Waals surface area contributed by atoms with Gasteiger partial charge in [-0.3, -0.25) is 0 Å². The number of rotatable bonds is 8. The first-order valence-corrected chi connectivity index (χ1v) is 7.17. The molecule has 0 heterocycles.